The van der Waals surface area contributed by atoms with Crippen LogP contribution in [0.2, 0.25) is 0 Å². The summed E-state index contributed by atoms with van der Waals surface area (Å²) in [6.45, 7) is 3.27. The van der Waals surface area contributed by atoms with E-state index < -0.39 is 0 Å². The second-order valence-corrected chi connectivity index (χ2v) is 6.57. The monoisotopic (exact) mass is 292 g/mol. The minimum absolute atomic E-state index is 0.216. The summed E-state index contributed by atoms with van der Waals surface area (Å²) >= 11 is 1.65. The maximum absolute atomic E-state index is 9.27. The fraction of sp³-hybridized carbons (Fsp3) is 0.571. The van der Waals surface area contributed by atoms with E-state index in [1.54, 1.807) is 11.3 Å². The van der Waals surface area contributed by atoms with Crippen LogP contribution in [0.4, 0.5) is 11.8 Å². The Kier molecular flexibility index (Phi) is 3.76. The number of nitrogen functional groups attached to an aromatic ring is 1. The van der Waals surface area contributed by atoms with Gasteiger partial charge in [-0.15, -0.1) is 11.3 Å². The van der Waals surface area contributed by atoms with Gasteiger partial charge in [-0.3, -0.25) is 0 Å². The normalized spacial score (nSPS) is 19.7. The van der Waals surface area contributed by atoms with E-state index in [0.717, 1.165) is 41.8 Å². The molecule has 0 radical (unpaired) electrons. The summed E-state index contributed by atoms with van der Waals surface area (Å²) < 4.78 is 0. The number of hydrogen-bond donors (Lipinski definition) is 2. The highest BCUT2D eigenvalue weighted by atomic mass is 32.1. The molecule has 6 heteroatoms. The first kappa shape index (κ1) is 13.6. The molecular formula is C14H20N4OS. The average Bonchev–Trinajstić information content (AvgIpc) is 2.79. The van der Waals surface area contributed by atoms with Crippen LogP contribution in [-0.2, 0) is 0 Å². The van der Waals surface area contributed by atoms with E-state index in [1.807, 2.05) is 0 Å². The fourth-order valence-electron chi connectivity index (χ4n) is 2.99. The zero-order chi connectivity index (χ0) is 14.1. The van der Waals surface area contributed by atoms with Crippen molar-refractivity contribution in [2.24, 2.45) is 0 Å². The van der Waals surface area contributed by atoms with Gasteiger partial charge in [-0.05, 0) is 38.7 Å². The van der Waals surface area contributed by atoms with Gasteiger partial charge in [-0.25, -0.2) is 4.98 Å². The van der Waals surface area contributed by atoms with Crippen LogP contribution in [0.15, 0.2) is 6.07 Å². The molecule has 0 aliphatic carbocycles. The summed E-state index contributed by atoms with van der Waals surface area (Å²) in [5, 5.41) is 10.4. The molecule has 1 fully saturated rings. The lowest BCUT2D eigenvalue weighted by molar-refractivity contribution is 0.262. The second-order valence-electron chi connectivity index (χ2n) is 5.34. The quantitative estimate of drug-likeness (QED) is 0.908. The van der Waals surface area contributed by atoms with Crippen molar-refractivity contribution in [3.63, 3.8) is 0 Å². The number of aromatic nitrogens is 2. The highest BCUT2D eigenvalue weighted by molar-refractivity contribution is 7.18. The number of aliphatic hydroxyl groups is 1. The molecule has 2 aromatic heterocycles. The minimum Gasteiger partial charge on any atom is -0.396 e. The summed E-state index contributed by atoms with van der Waals surface area (Å²) in [7, 11) is 0. The van der Waals surface area contributed by atoms with E-state index in [4.69, 9.17) is 5.73 Å². The van der Waals surface area contributed by atoms with Crippen molar-refractivity contribution in [1.82, 2.24) is 9.97 Å². The summed E-state index contributed by atoms with van der Waals surface area (Å²) in [4.78, 5) is 13.3. The van der Waals surface area contributed by atoms with Crippen molar-refractivity contribution >= 4 is 33.3 Å². The molecule has 108 valence electrons. The molecule has 1 unspecified atom stereocenters. The third kappa shape index (κ3) is 2.45. The number of fused-ring (bicyclic) bond motifs is 1. The number of aliphatic hydroxyl groups excluding tert-OH is 1. The Balaban J connectivity index is 2.06. The van der Waals surface area contributed by atoms with Crippen molar-refractivity contribution in [2.75, 3.05) is 23.8 Å². The van der Waals surface area contributed by atoms with Gasteiger partial charge in [0.05, 0.1) is 5.39 Å². The van der Waals surface area contributed by atoms with Crippen LogP contribution >= 0.6 is 11.3 Å². The molecule has 2 aromatic rings. The van der Waals surface area contributed by atoms with E-state index in [1.165, 1.54) is 11.3 Å². The SMILES string of the molecule is Cc1cc2c(N3CCCCC3CCO)nc(N)nc2s1. The fourth-order valence-corrected chi connectivity index (χ4v) is 3.87. The van der Waals surface area contributed by atoms with Gasteiger partial charge in [0, 0.05) is 24.1 Å². The molecule has 3 heterocycles. The molecule has 0 amide bonds. The van der Waals surface area contributed by atoms with Crippen molar-refractivity contribution in [3.05, 3.63) is 10.9 Å². The van der Waals surface area contributed by atoms with Crippen LogP contribution in [0.1, 0.15) is 30.6 Å². The maximum Gasteiger partial charge on any atom is 0.223 e. The first-order valence-corrected chi connectivity index (χ1v) is 7.92. The van der Waals surface area contributed by atoms with Gasteiger partial charge < -0.3 is 15.7 Å². The summed E-state index contributed by atoms with van der Waals surface area (Å²) in [6, 6.07) is 2.49. The Bertz CT molecular complexity index is 610. The standard InChI is InChI=1S/C14H20N4OS/c1-9-8-11-12(16-14(15)17-13(11)20-9)18-6-3-2-4-10(18)5-7-19/h8,10,19H,2-7H2,1H3,(H2,15,16,17). The molecule has 1 aliphatic heterocycles. The Morgan fingerprint density at radius 3 is 3.10 bits per heavy atom. The van der Waals surface area contributed by atoms with Gasteiger partial charge >= 0.3 is 0 Å². The third-order valence-electron chi connectivity index (χ3n) is 3.87. The molecule has 1 atom stereocenters. The molecule has 1 aliphatic rings. The largest absolute Gasteiger partial charge is 0.396 e. The van der Waals surface area contributed by atoms with E-state index in [9.17, 15) is 5.11 Å². The molecule has 0 saturated carbocycles. The van der Waals surface area contributed by atoms with Crippen molar-refractivity contribution in [3.8, 4) is 0 Å². The van der Waals surface area contributed by atoms with E-state index in [0.29, 0.717) is 12.0 Å². The lowest BCUT2D eigenvalue weighted by Gasteiger charge is -2.36. The number of rotatable bonds is 3. The Hall–Kier alpha value is -1.40. The predicted molar refractivity (Wildman–Crippen MR) is 83.3 cm³/mol. The van der Waals surface area contributed by atoms with Crippen molar-refractivity contribution < 1.29 is 5.11 Å². The van der Waals surface area contributed by atoms with Crippen molar-refractivity contribution in [2.45, 2.75) is 38.6 Å². The maximum atomic E-state index is 9.27. The van der Waals surface area contributed by atoms with E-state index in [-0.39, 0.29) is 6.61 Å². The number of hydrogen-bond acceptors (Lipinski definition) is 6. The third-order valence-corrected chi connectivity index (χ3v) is 4.82. The number of aryl methyl sites for hydroxylation is 1. The number of thiophene rings is 1. The molecular weight excluding hydrogens is 272 g/mol. The topological polar surface area (TPSA) is 75.3 Å². The van der Waals surface area contributed by atoms with Gasteiger partial charge in [0.15, 0.2) is 0 Å². The first-order chi connectivity index (χ1) is 9.69. The van der Waals surface area contributed by atoms with E-state index >= 15 is 0 Å². The van der Waals surface area contributed by atoms with Crippen LogP contribution in [0, 0.1) is 6.92 Å². The molecule has 3 N–H and O–H groups in total. The van der Waals surface area contributed by atoms with Gasteiger partial charge in [-0.2, -0.15) is 4.98 Å². The number of anilines is 2. The molecule has 3 rings (SSSR count). The lowest BCUT2D eigenvalue weighted by Crippen LogP contribution is -2.40. The van der Waals surface area contributed by atoms with Crippen LogP contribution in [0.3, 0.4) is 0 Å². The average molecular weight is 292 g/mol. The van der Waals surface area contributed by atoms with E-state index in [2.05, 4.69) is 27.9 Å². The highest BCUT2D eigenvalue weighted by Gasteiger charge is 2.25. The Morgan fingerprint density at radius 2 is 2.30 bits per heavy atom. The number of nitrogens with zero attached hydrogens (tertiary/aromatic N) is 3. The van der Waals surface area contributed by atoms with Gasteiger partial charge in [0.1, 0.15) is 10.6 Å². The second kappa shape index (κ2) is 5.54. The summed E-state index contributed by atoms with van der Waals surface area (Å²) in [5.74, 6) is 1.28. The Morgan fingerprint density at radius 1 is 1.45 bits per heavy atom. The number of nitrogens with two attached hydrogens (primary N) is 1. The minimum atomic E-state index is 0.216. The van der Waals surface area contributed by atoms with Crippen LogP contribution < -0.4 is 10.6 Å². The van der Waals surface area contributed by atoms with Gasteiger partial charge in [-0.1, -0.05) is 0 Å². The highest BCUT2D eigenvalue weighted by Crippen LogP contribution is 2.34. The van der Waals surface area contributed by atoms with Crippen molar-refractivity contribution in [1.29, 1.82) is 0 Å². The summed E-state index contributed by atoms with van der Waals surface area (Å²) in [5.41, 5.74) is 5.87. The van der Waals surface area contributed by atoms with Crippen LogP contribution in [-0.4, -0.2) is 34.3 Å². The molecule has 0 spiro atoms. The smallest absolute Gasteiger partial charge is 0.223 e. The number of piperidine rings is 1. The van der Waals surface area contributed by atoms with Gasteiger partial charge in [0.25, 0.3) is 0 Å². The van der Waals surface area contributed by atoms with Crippen LogP contribution in [0.25, 0.3) is 10.2 Å². The predicted octanol–water partition coefficient (Wildman–Crippen LogP) is 2.32. The lowest BCUT2D eigenvalue weighted by atomic mass is 9.99. The molecule has 0 bridgehead atoms. The first-order valence-electron chi connectivity index (χ1n) is 7.10. The molecule has 0 aromatic carbocycles. The Labute approximate surface area is 122 Å². The summed E-state index contributed by atoms with van der Waals surface area (Å²) in [6.07, 6.45) is 4.27. The molecule has 1 saturated heterocycles. The zero-order valence-corrected chi connectivity index (χ0v) is 12.5. The molecule has 5 nitrogen and oxygen atoms in total. The molecule has 20 heavy (non-hydrogen) atoms. The zero-order valence-electron chi connectivity index (χ0n) is 11.7. The van der Waals surface area contributed by atoms with Gasteiger partial charge in [0.2, 0.25) is 5.95 Å². The van der Waals surface area contributed by atoms with Crippen LogP contribution in [0.5, 0.6) is 0 Å².